The maximum Gasteiger partial charge on any atom is 0.299 e. The first-order valence-corrected chi connectivity index (χ1v) is 6.79. The zero-order valence-electron chi connectivity index (χ0n) is 11.7. The monoisotopic (exact) mass is 281 g/mol. The van der Waals surface area contributed by atoms with Crippen molar-refractivity contribution >= 4 is 17.4 Å². The van der Waals surface area contributed by atoms with Crippen LogP contribution in [0.25, 0.3) is 0 Å². The minimum atomic E-state index is -0.464. The third-order valence-electron chi connectivity index (χ3n) is 3.65. The van der Waals surface area contributed by atoms with E-state index in [-0.39, 0.29) is 0 Å². The van der Waals surface area contributed by atoms with Gasteiger partial charge in [0.2, 0.25) is 0 Å². The molecule has 0 fully saturated rings. The van der Waals surface area contributed by atoms with Gasteiger partial charge in [-0.25, -0.2) is 0 Å². The molecule has 4 heteroatoms. The second kappa shape index (κ2) is 5.40. The number of rotatable bonds is 4. The van der Waals surface area contributed by atoms with Gasteiger partial charge in [0.1, 0.15) is 5.75 Å². The van der Waals surface area contributed by atoms with E-state index >= 15 is 0 Å². The lowest BCUT2D eigenvalue weighted by atomic mass is 10.1. The van der Waals surface area contributed by atoms with E-state index in [4.69, 9.17) is 4.74 Å². The molecule has 0 aromatic heterocycles. The number of ketones is 1. The highest BCUT2D eigenvalue weighted by atomic mass is 16.5. The summed E-state index contributed by atoms with van der Waals surface area (Å²) in [5, 5.41) is 0. The summed E-state index contributed by atoms with van der Waals surface area (Å²) in [6, 6.07) is 15.0. The first-order valence-electron chi connectivity index (χ1n) is 6.79. The number of carbonyl (C=O) groups excluding carboxylic acids is 2. The molecule has 0 radical (unpaired) electrons. The van der Waals surface area contributed by atoms with Gasteiger partial charge in [0, 0.05) is 12.6 Å². The van der Waals surface area contributed by atoms with E-state index in [0.717, 1.165) is 5.56 Å². The number of hydrogen-bond donors (Lipinski definition) is 0. The Morgan fingerprint density at radius 2 is 1.81 bits per heavy atom. The average molecular weight is 281 g/mol. The number of ether oxygens (including phenoxy) is 1. The number of methoxy groups -OCH3 is 1. The predicted molar refractivity (Wildman–Crippen MR) is 79.8 cm³/mol. The summed E-state index contributed by atoms with van der Waals surface area (Å²) in [5.74, 6) is -0.268. The molecule has 1 amide bonds. The van der Waals surface area contributed by atoms with Crippen molar-refractivity contribution in [2.75, 3.05) is 18.6 Å². The quantitative estimate of drug-likeness (QED) is 0.809. The second-order valence-electron chi connectivity index (χ2n) is 4.90. The van der Waals surface area contributed by atoms with Crippen LogP contribution in [0.4, 0.5) is 5.69 Å². The maximum absolute atomic E-state index is 12.1. The lowest BCUT2D eigenvalue weighted by Gasteiger charge is -2.17. The summed E-state index contributed by atoms with van der Waals surface area (Å²) >= 11 is 0. The smallest absolute Gasteiger partial charge is 0.299 e. The van der Waals surface area contributed by atoms with Crippen molar-refractivity contribution in [2.45, 2.75) is 6.42 Å². The van der Waals surface area contributed by atoms with Crippen LogP contribution < -0.4 is 9.64 Å². The van der Waals surface area contributed by atoms with Gasteiger partial charge in [0.05, 0.1) is 18.4 Å². The van der Waals surface area contributed by atoms with E-state index < -0.39 is 11.7 Å². The minimum absolute atomic E-state index is 0.444. The van der Waals surface area contributed by atoms with Gasteiger partial charge in [-0.2, -0.15) is 0 Å². The summed E-state index contributed by atoms with van der Waals surface area (Å²) in [4.78, 5) is 25.6. The van der Waals surface area contributed by atoms with Gasteiger partial charge < -0.3 is 9.64 Å². The van der Waals surface area contributed by atoms with Gasteiger partial charge in [0.25, 0.3) is 11.7 Å². The molecule has 2 aromatic carbocycles. The number of nitrogens with zero attached hydrogens (tertiary/aromatic N) is 1. The lowest BCUT2D eigenvalue weighted by molar-refractivity contribution is -0.114. The van der Waals surface area contributed by atoms with Gasteiger partial charge in [-0.1, -0.05) is 30.3 Å². The highest BCUT2D eigenvalue weighted by molar-refractivity contribution is 6.52. The molecule has 0 bridgehead atoms. The number of carbonyl (C=O) groups is 2. The minimum Gasteiger partial charge on any atom is -0.497 e. The Hall–Kier alpha value is -2.62. The van der Waals surface area contributed by atoms with Gasteiger partial charge in [-0.3, -0.25) is 9.59 Å². The number of fused-ring (bicyclic) bond motifs is 1. The molecule has 0 aliphatic carbocycles. The number of anilines is 1. The van der Waals surface area contributed by atoms with E-state index in [1.54, 1.807) is 25.3 Å². The molecular weight excluding hydrogens is 266 g/mol. The highest BCUT2D eigenvalue weighted by Gasteiger charge is 2.35. The fourth-order valence-corrected chi connectivity index (χ4v) is 2.51. The van der Waals surface area contributed by atoms with Crippen LogP contribution in [0.3, 0.4) is 0 Å². The lowest BCUT2D eigenvalue weighted by Crippen LogP contribution is -2.31. The standard InChI is InChI=1S/C17H15NO3/c1-21-13-7-8-14-15(11-13)18(17(20)16(14)19)10-9-12-5-3-2-4-6-12/h2-8,11H,9-10H2,1H3. The Labute approximate surface area is 123 Å². The van der Waals surface area contributed by atoms with E-state index in [9.17, 15) is 9.59 Å². The molecular formula is C17H15NO3. The van der Waals surface area contributed by atoms with Crippen molar-refractivity contribution in [3.8, 4) is 5.75 Å². The van der Waals surface area contributed by atoms with Crippen LogP contribution in [-0.4, -0.2) is 25.3 Å². The normalized spacial score (nSPS) is 13.5. The fraction of sp³-hybridized carbons (Fsp3) is 0.176. The number of Topliss-reactive ketones (excluding diaryl/α,β-unsaturated/α-hetero) is 1. The van der Waals surface area contributed by atoms with Crippen molar-refractivity contribution in [1.29, 1.82) is 0 Å². The molecule has 0 spiro atoms. The molecule has 0 unspecified atom stereocenters. The van der Waals surface area contributed by atoms with Gasteiger partial charge in [0.15, 0.2) is 0 Å². The average Bonchev–Trinajstić information content (AvgIpc) is 2.77. The molecule has 0 N–H and O–H groups in total. The Morgan fingerprint density at radius 3 is 2.52 bits per heavy atom. The molecule has 1 aliphatic rings. The Bertz CT molecular complexity index is 694. The molecule has 0 atom stereocenters. The van der Waals surface area contributed by atoms with Crippen LogP contribution in [0, 0.1) is 0 Å². The van der Waals surface area contributed by atoms with Crippen LogP contribution in [-0.2, 0) is 11.2 Å². The summed E-state index contributed by atoms with van der Waals surface area (Å²) in [6.45, 7) is 0.481. The SMILES string of the molecule is COc1ccc2c(c1)N(CCc1ccccc1)C(=O)C2=O. The van der Waals surface area contributed by atoms with Crippen LogP contribution in [0.5, 0.6) is 5.75 Å². The van der Waals surface area contributed by atoms with Crippen molar-refractivity contribution in [3.63, 3.8) is 0 Å². The molecule has 4 nitrogen and oxygen atoms in total. The van der Waals surface area contributed by atoms with Crippen LogP contribution in [0.1, 0.15) is 15.9 Å². The first kappa shape index (κ1) is 13.4. The van der Waals surface area contributed by atoms with Crippen molar-refractivity contribution in [2.24, 2.45) is 0 Å². The second-order valence-corrected chi connectivity index (χ2v) is 4.90. The summed E-state index contributed by atoms with van der Waals surface area (Å²) in [5.41, 5.74) is 2.23. The van der Waals surface area contributed by atoms with Gasteiger partial charge >= 0.3 is 0 Å². The molecule has 0 saturated heterocycles. The van der Waals surface area contributed by atoms with Crippen molar-refractivity contribution in [3.05, 3.63) is 59.7 Å². The van der Waals surface area contributed by atoms with E-state index in [1.165, 1.54) is 4.90 Å². The predicted octanol–water partition coefficient (Wildman–Crippen LogP) is 2.47. The molecule has 0 saturated carbocycles. The van der Waals surface area contributed by atoms with Gasteiger partial charge in [-0.15, -0.1) is 0 Å². The molecule has 21 heavy (non-hydrogen) atoms. The molecule has 3 rings (SSSR count). The van der Waals surface area contributed by atoms with Gasteiger partial charge in [-0.05, 0) is 24.1 Å². The van der Waals surface area contributed by atoms with Crippen LogP contribution >= 0.6 is 0 Å². The highest BCUT2D eigenvalue weighted by Crippen LogP contribution is 2.32. The Kier molecular flexibility index (Phi) is 3.44. The largest absolute Gasteiger partial charge is 0.497 e. The molecule has 1 aliphatic heterocycles. The van der Waals surface area contributed by atoms with Crippen molar-refractivity contribution in [1.82, 2.24) is 0 Å². The molecule has 2 aromatic rings. The molecule has 106 valence electrons. The zero-order valence-corrected chi connectivity index (χ0v) is 11.7. The van der Waals surface area contributed by atoms with E-state index in [1.807, 2.05) is 30.3 Å². The first-order chi connectivity index (χ1) is 10.2. The summed E-state index contributed by atoms with van der Waals surface area (Å²) < 4.78 is 5.17. The van der Waals surface area contributed by atoms with E-state index in [0.29, 0.717) is 30.0 Å². The zero-order chi connectivity index (χ0) is 14.8. The van der Waals surface area contributed by atoms with Crippen LogP contribution in [0.15, 0.2) is 48.5 Å². The summed E-state index contributed by atoms with van der Waals surface area (Å²) in [7, 11) is 1.56. The third-order valence-corrected chi connectivity index (χ3v) is 3.65. The Balaban J connectivity index is 1.86. The number of benzene rings is 2. The van der Waals surface area contributed by atoms with Crippen molar-refractivity contribution < 1.29 is 14.3 Å². The summed E-state index contributed by atoms with van der Waals surface area (Å²) in [6.07, 6.45) is 0.705. The maximum atomic E-state index is 12.1. The van der Waals surface area contributed by atoms with Crippen LogP contribution in [0.2, 0.25) is 0 Å². The number of amides is 1. The third kappa shape index (κ3) is 2.40. The molecule has 1 heterocycles. The topological polar surface area (TPSA) is 46.6 Å². The Morgan fingerprint density at radius 1 is 1.05 bits per heavy atom. The number of hydrogen-bond acceptors (Lipinski definition) is 3. The fourth-order valence-electron chi connectivity index (χ4n) is 2.51. The van der Waals surface area contributed by atoms with E-state index in [2.05, 4.69) is 0 Å².